The van der Waals surface area contributed by atoms with Gasteiger partial charge in [-0.2, -0.15) is 0 Å². The first-order valence-electron chi connectivity index (χ1n) is 7.56. The topological polar surface area (TPSA) is 29.5 Å². The minimum atomic E-state index is -0.365. The van der Waals surface area contributed by atoms with Gasteiger partial charge >= 0.3 is 0 Å². The first-order chi connectivity index (χ1) is 9.10. The number of benzene rings is 1. The van der Waals surface area contributed by atoms with Crippen molar-refractivity contribution in [1.82, 2.24) is 0 Å². The quantitative estimate of drug-likeness (QED) is 0.824. The minimum absolute atomic E-state index is 0.124. The van der Waals surface area contributed by atoms with Gasteiger partial charge in [-0.25, -0.2) is 0 Å². The second-order valence-electron chi connectivity index (χ2n) is 6.64. The minimum Gasteiger partial charge on any atom is -0.487 e. The monoisotopic (exact) mass is 260 g/mol. The molecule has 2 heteroatoms. The van der Waals surface area contributed by atoms with E-state index in [2.05, 4.69) is 13.8 Å². The Kier molecular flexibility index (Phi) is 3.30. The van der Waals surface area contributed by atoms with Gasteiger partial charge in [0.15, 0.2) is 0 Å². The fourth-order valence-corrected chi connectivity index (χ4v) is 3.80. The molecule has 1 heterocycles. The second kappa shape index (κ2) is 4.82. The Morgan fingerprint density at radius 1 is 1.26 bits per heavy atom. The van der Waals surface area contributed by atoms with E-state index in [-0.39, 0.29) is 11.7 Å². The summed E-state index contributed by atoms with van der Waals surface area (Å²) in [5, 5.41) is 10.4. The van der Waals surface area contributed by atoms with Crippen LogP contribution in [0.25, 0.3) is 0 Å². The summed E-state index contributed by atoms with van der Waals surface area (Å²) in [4.78, 5) is 0. The Hall–Kier alpha value is -1.02. The zero-order chi connectivity index (χ0) is 13.5. The van der Waals surface area contributed by atoms with E-state index < -0.39 is 0 Å². The Morgan fingerprint density at radius 3 is 2.84 bits per heavy atom. The molecule has 104 valence electrons. The maximum atomic E-state index is 10.4. The van der Waals surface area contributed by atoms with Crippen molar-refractivity contribution in [1.29, 1.82) is 0 Å². The van der Waals surface area contributed by atoms with Crippen LogP contribution in [0.5, 0.6) is 5.75 Å². The Morgan fingerprint density at radius 2 is 2.05 bits per heavy atom. The number of ether oxygens (including phenoxy) is 1. The molecule has 0 radical (unpaired) electrons. The van der Waals surface area contributed by atoms with Crippen molar-refractivity contribution in [2.45, 2.75) is 57.7 Å². The Labute approximate surface area is 115 Å². The number of hydrogen-bond donors (Lipinski definition) is 1. The van der Waals surface area contributed by atoms with Crippen LogP contribution >= 0.6 is 0 Å². The highest BCUT2D eigenvalue weighted by Gasteiger charge is 2.44. The molecule has 2 nitrogen and oxygen atoms in total. The summed E-state index contributed by atoms with van der Waals surface area (Å²) >= 11 is 0. The molecular formula is C17H24O2. The van der Waals surface area contributed by atoms with Crippen LogP contribution in [0.2, 0.25) is 0 Å². The van der Waals surface area contributed by atoms with E-state index in [1.54, 1.807) is 0 Å². The summed E-state index contributed by atoms with van der Waals surface area (Å²) < 4.78 is 6.35. The largest absolute Gasteiger partial charge is 0.487 e. The highest BCUT2D eigenvalue weighted by molar-refractivity contribution is 5.38. The van der Waals surface area contributed by atoms with Gasteiger partial charge in [0.2, 0.25) is 0 Å². The summed E-state index contributed by atoms with van der Waals surface area (Å²) in [6, 6.07) is 7.95. The van der Waals surface area contributed by atoms with Crippen LogP contribution in [0.4, 0.5) is 0 Å². The lowest BCUT2D eigenvalue weighted by Gasteiger charge is -2.46. The zero-order valence-electron chi connectivity index (χ0n) is 11.9. The van der Waals surface area contributed by atoms with Gasteiger partial charge in [-0.1, -0.05) is 32.0 Å². The van der Waals surface area contributed by atoms with Gasteiger partial charge in [0, 0.05) is 12.0 Å². The summed E-state index contributed by atoms with van der Waals surface area (Å²) in [5.41, 5.74) is 0.834. The molecule has 1 fully saturated rings. The van der Waals surface area contributed by atoms with Crippen molar-refractivity contribution in [3.8, 4) is 5.75 Å². The summed E-state index contributed by atoms with van der Waals surface area (Å²) in [7, 11) is 0. The van der Waals surface area contributed by atoms with Crippen LogP contribution in [-0.4, -0.2) is 10.7 Å². The summed E-state index contributed by atoms with van der Waals surface area (Å²) in [6.07, 6.45) is 5.10. The molecule has 1 aromatic carbocycles. The average Bonchev–Trinajstić information content (AvgIpc) is 2.38. The maximum Gasteiger partial charge on any atom is 0.125 e. The van der Waals surface area contributed by atoms with E-state index in [4.69, 9.17) is 4.74 Å². The van der Waals surface area contributed by atoms with E-state index in [1.807, 2.05) is 24.3 Å². The van der Waals surface area contributed by atoms with E-state index in [9.17, 15) is 5.11 Å². The molecule has 1 aliphatic heterocycles. The molecule has 3 atom stereocenters. The average molecular weight is 260 g/mol. The lowest BCUT2D eigenvalue weighted by Crippen LogP contribution is -2.45. The molecule has 2 aliphatic rings. The predicted octanol–water partition coefficient (Wildman–Crippen LogP) is 4.09. The van der Waals surface area contributed by atoms with Crippen molar-refractivity contribution in [3.63, 3.8) is 0 Å². The number of aliphatic hydroxyl groups is 1. The molecule has 1 N–H and O–H groups in total. The van der Waals surface area contributed by atoms with Gasteiger partial charge < -0.3 is 9.84 Å². The number of fused-ring (bicyclic) bond motifs is 1. The fraction of sp³-hybridized carbons (Fsp3) is 0.647. The molecule has 0 amide bonds. The van der Waals surface area contributed by atoms with Crippen LogP contribution in [0.1, 0.15) is 57.6 Å². The van der Waals surface area contributed by atoms with E-state index in [0.717, 1.165) is 36.5 Å². The summed E-state index contributed by atoms with van der Waals surface area (Å²) in [6.45, 7) is 4.60. The third kappa shape index (κ3) is 2.38. The molecule has 0 saturated heterocycles. The molecule has 19 heavy (non-hydrogen) atoms. The third-order valence-electron chi connectivity index (χ3n) is 4.95. The highest BCUT2D eigenvalue weighted by atomic mass is 16.5. The van der Waals surface area contributed by atoms with Crippen molar-refractivity contribution in [3.05, 3.63) is 29.8 Å². The molecule has 1 saturated carbocycles. The van der Waals surface area contributed by atoms with Crippen molar-refractivity contribution in [2.75, 3.05) is 0 Å². The van der Waals surface area contributed by atoms with Crippen LogP contribution in [0.3, 0.4) is 0 Å². The molecule has 0 aromatic heterocycles. The standard InChI is InChI=1S/C17H24O2/c1-12(2)13-6-5-9-17(10-13)11-15(18)14-7-3-4-8-16(14)19-17/h3-4,7-8,12-13,15,18H,5-6,9-11H2,1-2H3/t13?,15-,17?/m1/s1. The van der Waals surface area contributed by atoms with Crippen LogP contribution in [0, 0.1) is 11.8 Å². The normalized spacial score (nSPS) is 34.1. The smallest absolute Gasteiger partial charge is 0.125 e. The van der Waals surface area contributed by atoms with Gasteiger partial charge in [0.25, 0.3) is 0 Å². The number of hydrogen-bond acceptors (Lipinski definition) is 2. The number of para-hydroxylation sites is 1. The first kappa shape index (κ1) is 13.0. The van der Waals surface area contributed by atoms with Gasteiger partial charge in [-0.05, 0) is 43.6 Å². The third-order valence-corrected chi connectivity index (χ3v) is 4.95. The van der Waals surface area contributed by atoms with Gasteiger partial charge in [-0.15, -0.1) is 0 Å². The SMILES string of the molecule is CC(C)C1CCCC2(C1)C[C@@H](O)c1ccccc1O2. The Bertz CT molecular complexity index is 454. The van der Waals surface area contributed by atoms with Gasteiger partial charge in [0.1, 0.15) is 11.4 Å². The molecule has 3 rings (SSSR count). The summed E-state index contributed by atoms with van der Waals surface area (Å²) in [5.74, 6) is 2.33. The van der Waals surface area contributed by atoms with Crippen LogP contribution in [-0.2, 0) is 0 Å². The van der Waals surface area contributed by atoms with Crippen LogP contribution < -0.4 is 4.74 Å². The predicted molar refractivity (Wildman–Crippen MR) is 76.2 cm³/mol. The fourth-order valence-electron chi connectivity index (χ4n) is 3.80. The van der Waals surface area contributed by atoms with E-state index in [0.29, 0.717) is 5.92 Å². The van der Waals surface area contributed by atoms with Crippen molar-refractivity contribution >= 4 is 0 Å². The molecular weight excluding hydrogens is 236 g/mol. The van der Waals surface area contributed by atoms with Crippen molar-refractivity contribution in [2.24, 2.45) is 11.8 Å². The maximum absolute atomic E-state index is 10.4. The first-order valence-corrected chi connectivity index (χ1v) is 7.56. The number of aliphatic hydroxyl groups excluding tert-OH is 1. The van der Waals surface area contributed by atoms with Crippen LogP contribution in [0.15, 0.2) is 24.3 Å². The zero-order valence-corrected chi connectivity index (χ0v) is 11.9. The van der Waals surface area contributed by atoms with Gasteiger partial charge in [0.05, 0.1) is 6.10 Å². The van der Waals surface area contributed by atoms with E-state index >= 15 is 0 Å². The lowest BCUT2D eigenvalue weighted by atomic mass is 9.70. The number of rotatable bonds is 1. The molecule has 1 spiro atoms. The second-order valence-corrected chi connectivity index (χ2v) is 6.64. The van der Waals surface area contributed by atoms with E-state index in [1.165, 1.54) is 12.8 Å². The molecule has 2 unspecified atom stereocenters. The highest BCUT2D eigenvalue weighted by Crippen LogP contribution is 2.48. The molecule has 1 aliphatic carbocycles. The Balaban J connectivity index is 1.87. The lowest BCUT2D eigenvalue weighted by molar-refractivity contribution is -0.0572. The molecule has 1 aromatic rings. The van der Waals surface area contributed by atoms with Crippen molar-refractivity contribution < 1.29 is 9.84 Å². The van der Waals surface area contributed by atoms with Gasteiger partial charge in [-0.3, -0.25) is 0 Å². The molecule has 0 bridgehead atoms.